The summed E-state index contributed by atoms with van der Waals surface area (Å²) in [5.74, 6) is 0.148. The maximum Gasteiger partial charge on any atom is 0.251 e. The molecule has 0 aromatic rings. The number of likely N-dealkylation sites (tertiary alicyclic amines) is 1. The highest BCUT2D eigenvalue weighted by Gasteiger charge is 2.21. The van der Waals surface area contributed by atoms with Crippen molar-refractivity contribution in [1.29, 1.82) is 0 Å². The number of rotatable bonds is 1. The summed E-state index contributed by atoms with van der Waals surface area (Å²) in [6.07, 6.45) is 2.64. The summed E-state index contributed by atoms with van der Waals surface area (Å²) in [4.78, 5) is 12.8. The molecule has 1 aliphatic heterocycles. The molecule has 1 N–H and O–H groups in total. The molecule has 1 amide bonds. The number of hydrogen-bond acceptors (Lipinski definition) is 2. The summed E-state index contributed by atoms with van der Waals surface area (Å²) >= 11 is 0. The number of likely N-dealkylation sites (N-methyl/N-ethyl adjacent to an activating group) is 1. The quantitative estimate of drug-likeness (QED) is 0.518. The molecule has 0 aromatic heterocycles. The van der Waals surface area contributed by atoms with Gasteiger partial charge in [-0.2, -0.15) is 0 Å². The van der Waals surface area contributed by atoms with Crippen LogP contribution in [0.1, 0.15) is 6.42 Å². The lowest BCUT2D eigenvalue weighted by Gasteiger charge is -2.04. The molecule has 0 saturated carbocycles. The number of carbonyl (C=O) groups excluding carboxylic acids is 1. The molecule has 1 heterocycles. The van der Waals surface area contributed by atoms with Gasteiger partial charge in [-0.3, -0.25) is 4.79 Å². The molecular weight excluding hydrogens is 128 g/mol. The lowest BCUT2D eigenvalue weighted by molar-refractivity contribution is -0.123. The lowest BCUT2D eigenvalue weighted by atomic mass is 10.2. The standard InChI is InChI=1S/C7H12N2O/c1-8-5-6-3-4-9(2)7(6)10/h5,8H,3-4H2,1-2H3/b6-5-. The molecule has 1 aliphatic rings. The van der Waals surface area contributed by atoms with Gasteiger partial charge in [-0.05, 0) is 6.42 Å². The molecule has 0 aliphatic carbocycles. The van der Waals surface area contributed by atoms with E-state index in [1.54, 1.807) is 18.1 Å². The van der Waals surface area contributed by atoms with Crippen molar-refractivity contribution in [3.05, 3.63) is 11.8 Å². The molecule has 1 saturated heterocycles. The summed E-state index contributed by atoms with van der Waals surface area (Å²) in [5.41, 5.74) is 0.880. The van der Waals surface area contributed by atoms with Gasteiger partial charge >= 0.3 is 0 Å². The Balaban J connectivity index is 2.66. The Hall–Kier alpha value is -0.990. The maximum absolute atomic E-state index is 11.1. The number of nitrogens with one attached hydrogen (secondary N) is 1. The fraction of sp³-hybridized carbons (Fsp3) is 0.571. The molecule has 3 heteroatoms. The molecule has 0 aromatic carbocycles. The van der Waals surface area contributed by atoms with Crippen LogP contribution < -0.4 is 5.32 Å². The lowest BCUT2D eigenvalue weighted by Crippen LogP contribution is -2.19. The zero-order valence-corrected chi connectivity index (χ0v) is 6.35. The van der Waals surface area contributed by atoms with E-state index in [1.165, 1.54) is 0 Å². The van der Waals surface area contributed by atoms with Crippen LogP contribution in [0.2, 0.25) is 0 Å². The molecule has 56 valence electrons. The van der Waals surface area contributed by atoms with E-state index < -0.39 is 0 Å². The van der Waals surface area contributed by atoms with Gasteiger partial charge in [0.2, 0.25) is 0 Å². The van der Waals surface area contributed by atoms with Crippen LogP contribution in [0.3, 0.4) is 0 Å². The third-order valence-electron chi connectivity index (χ3n) is 1.66. The van der Waals surface area contributed by atoms with E-state index in [1.807, 2.05) is 7.05 Å². The van der Waals surface area contributed by atoms with Gasteiger partial charge in [0, 0.05) is 32.4 Å². The minimum absolute atomic E-state index is 0.148. The fourth-order valence-electron chi connectivity index (χ4n) is 1.05. The minimum atomic E-state index is 0.148. The van der Waals surface area contributed by atoms with E-state index in [4.69, 9.17) is 0 Å². The summed E-state index contributed by atoms with van der Waals surface area (Å²) in [5, 5.41) is 2.85. The predicted octanol–water partition coefficient (Wildman–Crippen LogP) is -0.0482. The zero-order chi connectivity index (χ0) is 7.56. The van der Waals surface area contributed by atoms with E-state index in [-0.39, 0.29) is 5.91 Å². The minimum Gasteiger partial charge on any atom is -0.394 e. The van der Waals surface area contributed by atoms with Gasteiger partial charge in [0.1, 0.15) is 0 Å². The maximum atomic E-state index is 11.1. The first-order valence-electron chi connectivity index (χ1n) is 3.37. The fourth-order valence-corrected chi connectivity index (χ4v) is 1.05. The van der Waals surface area contributed by atoms with E-state index >= 15 is 0 Å². The van der Waals surface area contributed by atoms with E-state index in [0.717, 1.165) is 18.5 Å². The molecule has 0 radical (unpaired) electrons. The van der Waals surface area contributed by atoms with Gasteiger partial charge < -0.3 is 10.2 Å². The van der Waals surface area contributed by atoms with Crippen molar-refractivity contribution in [3.8, 4) is 0 Å². The normalized spacial score (nSPS) is 22.4. The molecule has 1 fully saturated rings. The Morgan fingerprint density at radius 3 is 2.80 bits per heavy atom. The number of hydrogen-bond donors (Lipinski definition) is 1. The average Bonchev–Trinajstić information content (AvgIpc) is 2.20. The first-order valence-corrected chi connectivity index (χ1v) is 3.37. The number of carbonyl (C=O) groups is 1. The van der Waals surface area contributed by atoms with Crippen LogP contribution in [-0.2, 0) is 4.79 Å². The van der Waals surface area contributed by atoms with Crippen LogP contribution in [0.4, 0.5) is 0 Å². The van der Waals surface area contributed by atoms with Gasteiger partial charge in [0.05, 0.1) is 0 Å². The molecule has 1 rings (SSSR count). The van der Waals surface area contributed by atoms with Crippen molar-refractivity contribution < 1.29 is 4.79 Å². The Kier molecular flexibility index (Phi) is 1.94. The SMILES string of the molecule is CN/C=C1/CCN(C)C1=O. The smallest absolute Gasteiger partial charge is 0.251 e. The Morgan fingerprint density at radius 1 is 1.70 bits per heavy atom. The second-order valence-corrected chi connectivity index (χ2v) is 2.43. The molecule has 0 atom stereocenters. The van der Waals surface area contributed by atoms with E-state index in [0.29, 0.717) is 0 Å². The highest BCUT2D eigenvalue weighted by Crippen LogP contribution is 2.13. The molecule has 3 nitrogen and oxygen atoms in total. The number of amides is 1. The van der Waals surface area contributed by atoms with Crippen molar-refractivity contribution in [1.82, 2.24) is 10.2 Å². The van der Waals surface area contributed by atoms with Gasteiger partial charge in [0.15, 0.2) is 0 Å². The molecule has 0 bridgehead atoms. The van der Waals surface area contributed by atoms with Crippen LogP contribution in [0, 0.1) is 0 Å². The first-order chi connectivity index (χ1) is 4.75. The van der Waals surface area contributed by atoms with Crippen LogP contribution in [-0.4, -0.2) is 31.4 Å². The van der Waals surface area contributed by atoms with Crippen molar-refractivity contribution in [2.75, 3.05) is 20.6 Å². The zero-order valence-electron chi connectivity index (χ0n) is 6.35. The predicted molar refractivity (Wildman–Crippen MR) is 39.4 cm³/mol. The summed E-state index contributed by atoms with van der Waals surface area (Å²) in [6, 6.07) is 0. The third-order valence-corrected chi connectivity index (χ3v) is 1.66. The molecule has 0 unspecified atom stereocenters. The number of nitrogens with zero attached hydrogens (tertiary/aromatic N) is 1. The Labute approximate surface area is 60.7 Å². The summed E-state index contributed by atoms with van der Waals surface area (Å²) < 4.78 is 0. The largest absolute Gasteiger partial charge is 0.394 e. The van der Waals surface area contributed by atoms with Gasteiger partial charge in [0.25, 0.3) is 5.91 Å². The monoisotopic (exact) mass is 140 g/mol. The second-order valence-electron chi connectivity index (χ2n) is 2.43. The van der Waals surface area contributed by atoms with Crippen molar-refractivity contribution in [2.24, 2.45) is 0 Å². The summed E-state index contributed by atoms with van der Waals surface area (Å²) in [6.45, 7) is 0.854. The summed E-state index contributed by atoms with van der Waals surface area (Å²) in [7, 11) is 3.62. The highest BCUT2D eigenvalue weighted by atomic mass is 16.2. The van der Waals surface area contributed by atoms with Crippen LogP contribution in [0.5, 0.6) is 0 Å². The molecular formula is C7H12N2O. The van der Waals surface area contributed by atoms with Crippen LogP contribution >= 0.6 is 0 Å². The van der Waals surface area contributed by atoms with Crippen molar-refractivity contribution >= 4 is 5.91 Å². The van der Waals surface area contributed by atoms with E-state index in [2.05, 4.69) is 5.32 Å². The van der Waals surface area contributed by atoms with Crippen molar-refractivity contribution in [2.45, 2.75) is 6.42 Å². The van der Waals surface area contributed by atoms with Crippen LogP contribution in [0.25, 0.3) is 0 Å². The Bertz CT molecular complexity index is 174. The van der Waals surface area contributed by atoms with Gasteiger partial charge in [-0.25, -0.2) is 0 Å². The topological polar surface area (TPSA) is 32.3 Å². The second kappa shape index (κ2) is 2.73. The highest BCUT2D eigenvalue weighted by molar-refractivity contribution is 5.95. The third kappa shape index (κ3) is 1.12. The average molecular weight is 140 g/mol. The van der Waals surface area contributed by atoms with Gasteiger partial charge in [-0.15, -0.1) is 0 Å². The molecule has 0 spiro atoms. The molecule has 10 heavy (non-hydrogen) atoms. The first kappa shape index (κ1) is 7.12. The van der Waals surface area contributed by atoms with Gasteiger partial charge in [-0.1, -0.05) is 0 Å². The Morgan fingerprint density at radius 2 is 2.40 bits per heavy atom. The van der Waals surface area contributed by atoms with E-state index in [9.17, 15) is 4.79 Å². The van der Waals surface area contributed by atoms with Crippen molar-refractivity contribution in [3.63, 3.8) is 0 Å². The van der Waals surface area contributed by atoms with Crippen LogP contribution in [0.15, 0.2) is 11.8 Å².